The van der Waals surface area contributed by atoms with Gasteiger partial charge in [-0.05, 0) is 37.1 Å². The van der Waals surface area contributed by atoms with Crippen LogP contribution in [0.5, 0.6) is 10.9 Å². The SMILES string of the molecule is c1cnc2nc(Oc3ccc4c(CNC5CCCCC5)coc4c3)sc2c1. The molecule has 1 fully saturated rings. The molecule has 1 aliphatic carbocycles. The molecule has 0 aliphatic heterocycles. The van der Waals surface area contributed by atoms with Crippen LogP contribution in [0.2, 0.25) is 0 Å². The monoisotopic (exact) mass is 379 g/mol. The smallest absolute Gasteiger partial charge is 0.281 e. The Morgan fingerprint density at radius 2 is 2.11 bits per heavy atom. The van der Waals surface area contributed by atoms with E-state index in [-0.39, 0.29) is 0 Å². The summed E-state index contributed by atoms with van der Waals surface area (Å²) in [7, 11) is 0. The molecule has 3 heterocycles. The average molecular weight is 379 g/mol. The molecule has 0 bridgehead atoms. The lowest BCUT2D eigenvalue weighted by molar-refractivity contribution is 0.372. The standard InChI is InChI=1S/C21H21N3O2S/c1-2-5-15(6-3-1)23-12-14-13-25-18-11-16(8-9-17(14)18)26-21-24-20-19(27-21)7-4-10-22-20/h4,7-11,13,15,23H,1-3,5-6,12H2. The highest BCUT2D eigenvalue weighted by Gasteiger charge is 2.14. The molecule has 1 aliphatic rings. The maximum absolute atomic E-state index is 5.93. The fraction of sp³-hybridized carbons (Fsp3) is 0.333. The Hall–Kier alpha value is -2.44. The van der Waals surface area contributed by atoms with E-state index in [2.05, 4.69) is 21.4 Å². The fourth-order valence-electron chi connectivity index (χ4n) is 3.72. The molecular weight excluding hydrogens is 358 g/mol. The molecule has 0 spiro atoms. The van der Waals surface area contributed by atoms with Crippen LogP contribution in [0.3, 0.4) is 0 Å². The highest BCUT2D eigenvalue weighted by atomic mass is 32.1. The summed E-state index contributed by atoms with van der Waals surface area (Å²) >= 11 is 1.49. The number of rotatable bonds is 5. The second-order valence-electron chi connectivity index (χ2n) is 7.04. The number of pyridine rings is 1. The van der Waals surface area contributed by atoms with Gasteiger partial charge in [0, 0.05) is 35.8 Å². The largest absolute Gasteiger partial charge is 0.464 e. The molecule has 1 N–H and O–H groups in total. The zero-order valence-corrected chi connectivity index (χ0v) is 15.8. The first-order valence-corrected chi connectivity index (χ1v) is 10.3. The van der Waals surface area contributed by atoms with Crippen LogP contribution < -0.4 is 10.1 Å². The van der Waals surface area contributed by atoms with Crippen molar-refractivity contribution in [2.24, 2.45) is 0 Å². The average Bonchev–Trinajstić information content (AvgIpc) is 3.30. The number of nitrogens with one attached hydrogen (secondary N) is 1. The zero-order chi connectivity index (χ0) is 18.1. The molecule has 0 radical (unpaired) electrons. The number of hydrogen-bond acceptors (Lipinski definition) is 6. The second-order valence-corrected chi connectivity index (χ2v) is 8.03. The molecule has 0 atom stereocenters. The van der Waals surface area contributed by atoms with Gasteiger partial charge in [-0.3, -0.25) is 0 Å². The quantitative estimate of drug-likeness (QED) is 0.485. The van der Waals surface area contributed by atoms with Crippen LogP contribution in [0.4, 0.5) is 0 Å². The topological polar surface area (TPSA) is 60.2 Å². The Bertz CT molecular complexity index is 1030. The summed E-state index contributed by atoms with van der Waals surface area (Å²) in [4.78, 5) is 8.67. The van der Waals surface area contributed by atoms with Crippen molar-refractivity contribution in [2.75, 3.05) is 0 Å². The molecular formula is C21H21N3O2S. The Kier molecular flexibility index (Phi) is 4.51. The van der Waals surface area contributed by atoms with E-state index in [1.807, 2.05) is 30.5 Å². The van der Waals surface area contributed by atoms with E-state index >= 15 is 0 Å². The molecule has 3 aromatic heterocycles. The number of nitrogens with zero attached hydrogens (tertiary/aromatic N) is 2. The molecule has 0 amide bonds. The summed E-state index contributed by atoms with van der Waals surface area (Å²) < 4.78 is 12.7. The lowest BCUT2D eigenvalue weighted by Crippen LogP contribution is -2.30. The van der Waals surface area contributed by atoms with Crippen molar-refractivity contribution in [1.29, 1.82) is 0 Å². The van der Waals surface area contributed by atoms with Gasteiger partial charge in [0.05, 0.1) is 11.0 Å². The van der Waals surface area contributed by atoms with Gasteiger partial charge in [-0.1, -0.05) is 30.6 Å². The first-order valence-electron chi connectivity index (χ1n) is 9.48. The summed E-state index contributed by atoms with van der Waals surface area (Å²) in [6.07, 6.45) is 10.2. The summed E-state index contributed by atoms with van der Waals surface area (Å²) in [5, 5.41) is 5.41. The number of fused-ring (bicyclic) bond motifs is 2. The Morgan fingerprint density at radius 3 is 3.00 bits per heavy atom. The van der Waals surface area contributed by atoms with Crippen LogP contribution in [0.1, 0.15) is 37.7 Å². The normalized spacial score (nSPS) is 15.6. The van der Waals surface area contributed by atoms with Crippen LogP contribution in [0.15, 0.2) is 47.2 Å². The van der Waals surface area contributed by atoms with Crippen LogP contribution in [0.25, 0.3) is 21.3 Å². The van der Waals surface area contributed by atoms with Gasteiger partial charge in [0.2, 0.25) is 0 Å². The minimum Gasteiger partial charge on any atom is -0.464 e. The molecule has 138 valence electrons. The van der Waals surface area contributed by atoms with Crippen LogP contribution in [-0.2, 0) is 6.54 Å². The van der Waals surface area contributed by atoms with Crippen molar-refractivity contribution in [1.82, 2.24) is 15.3 Å². The first-order chi connectivity index (χ1) is 13.3. The second kappa shape index (κ2) is 7.29. The van der Waals surface area contributed by atoms with E-state index < -0.39 is 0 Å². The van der Waals surface area contributed by atoms with Gasteiger partial charge in [-0.25, -0.2) is 4.98 Å². The molecule has 1 aromatic carbocycles. The van der Waals surface area contributed by atoms with Gasteiger partial charge in [-0.2, -0.15) is 4.98 Å². The van der Waals surface area contributed by atoms with E-state index in [9.17, 15) is 0 Å². The number of aromatic nitrogens is 2. The minimum atomic E-state index is 0.591. The van der Waals surface area contributed by atoms with Gasteiger partial charge in [0.15, 0.2) is 5.65 Å². The van der Waals surface area contributed by atoms with Crippen molar-refractivity contribution < 1.29 is 9.15 Å². The number of thiazole rings is 1. The molecule has 0 unspecified atom stereocenters. The number of ether oxygens (including phenoxy) is 1. The third-order valence-electron chi connectivity index (χ3n) is 5.16. The van der Waals surface area contributed by atoms with E-state index in [4.69, 9.17) is 9.15 Å². The van der Waals surface area contributed by atoms with Crippen LogP contribution in [0, 0.1) is 0 Å². The van der Waals surface area contributed by atoms with E-state index in [0.717, 1.165) is 28.0 Å². The maximum atomic E-state index is 5.93. The summed E-state index contributed by atoms with van der Waals surface area (Å²) in [5.41, 5.74) is 2.76. The van der Waals surface area contributed by atoms with Gasteiger partial charge in [0.1, 0.15) is 11.3 Å². The van der Waals surface area contributed by atoms with Crippen LogP contribution >= 0.6 is 11.3 Å². The van der Waals surface area contributed by atoms with Crippen molar-refractivity contribution in [3.63, 3.8) is 0 Å². The number of furan rings is 1. The summed E-state index contributed by atoms with van der Waals surface area (Å²) in [5.74, 6) is 0.725. The Labute approximate surface area is 161 Å². The van der Waals surface area contributed by atoms with Crippen molar-refractivity contribution in [3.8, 4) is 10.9 Å². The van der Waals surface area contributed by atoms with Gasteiger partial charge >= 0.3 is 0 Å². The van der Waals surface area contributed by atoms with E-state index in [0.29, 0.717) is 16.9 Å². The van der Waals surface area contributed by atoms with E-state index in [1.165, 1.54) is 49.0 Å². The van der Waals surface area contributed by atoms with Crippen molar-refractivity contribution in [2.45, 2.75) is 44.7 Å². The molecule has 5 rings (SSSR count). The predicted molar refractivity (Wildman–Crippen MR) is 107 cm³/mol. The molecule has 0 saturated heterocycles. The number of benzene rings is 1. The molecule has 4 aromatic rings. The zero-order valence-electron chi connectivity index (χ0n) is 15.0. The predicted octanol–water partition coefficient (Wildman–Crippen LogP) is 5.65. The molecule has 5 nitrogen and oxygen atoms in total. The van der Waals surface area contributed by atoms with Gasteiger partial charge in [-0.15, -0.1) is 0 Å². The van der Waals surface area contributed by atoms with Gasteiger partial charge < -0.3 is 14.5 Å². The minimum absolute atomic E-state index is 0.591. The lowest BCUT2D eigenvalue weighted by Gasteiger charge is -2.22. The summed E-state index contributed by atoms with van der Waals surface area (Å²) in [6, 6.07) is 10.5. The Morgan fingerprint density at radius 1 is 1.19 bits per heavy atom. The third kappa shape index (κ3) is 3.55. The molecule has 1 saturated carbocycles. The summed E-state index contributed by atoms with van der Waals surface area (Å²) in [6.45, 7) is 0.849. The third-order valence-corrected chi connectivity index (χ3v) is 6.05. The number of hydrogen-bond donors (Lipinski definition) is 1. The molecule has 6 heteroatoms. The first kappa shape index (κ1) is 16.7. The van der Waals surface area contributed by atoms with Crippen LogP contribution in [-0.4, -0.2) is 16.0 Å². The highest BCUT2D eigenvalue weighted by molar-refractivity contribution is 7.20. The highest BCUT2D eigenvalue weighted by Crippen LogP contribution is 2.32. The maximum Gasteiger partial charge on any atom is 0.281 e. The van der Waals surface area contributed by atoms with Crippen molar-refractivity contribution in [3.05, 3.63) is 48.4 Å². The Balaban J connectivity index is 1.31. The lowest BCUT2D eigenvalue weighted by atomic mass is 9.95. The van der Waals surface area contributed by atoms with Gasteiger partial charge in [0.25, 0.3) is 5.19 Å². The molecule has 27 heavy (non-hydrogen) atoms. The van der Waals surface area contributed by atoms with E-state index in [1.54, 1.807) is 6.20 Å². The fourth-order valence-corrected chi connectivity index (χ4v) is 4.51. The van der Waals surface area contributed by atoms with Crippen molar-refractivity contribution >= 4 is 32.7 Å².